The summed E-state index contributed by atoms with van der Waals surface area (Å²) in [6.45, 7) is 0. The number of carbonyl (C=O) groups excluding carboxylic acids is 1. The zero-order chi connectivity index (χ0) is 12.1. The lowest BCUT2D eigenvalue weighted by Crippen LogP contribution is -2.04. The Morgan fingerprint density at radius 2 is 1.75 bits per heavy atom. The highest BCUT2D eigenvalue weighted by atomic mass is 35.5. The molecule has 5 heteroatoms. The second-order valence-electron chi connectivity index (χ2n) is 2.92. The molecule has 1 aromatic carbocycles. The number of carbonyl (C=O) groups is 1. The van der Waals surface area contributed by atoms with Gasteiger partial charge in [-0.15, -0.1) is 0 Å². The molecule has 0 bridgehead atoms. The maximum atomic E-state index is 11.5. The van der Waals surface area contributed by atoms with Gasteiger partial charge in [-0.3, -0.25) is 0 Å². The third-order valence-electron chi connectivity index (χ3n) is 1.81. The van der Waals surface area contributed by atoms with Gasteiger partial charge in [-0.25, -0.2) is 4.79 Å². The highest BCUT2D eigenvalue weighted by Crippen LogP contribution is 2.25. The second-order valence-corrected chi connectivity index (χ2v) is 3.79. The molecule has 86 valence electrons. The SMILES string of the molecule is CO/C=C(/C(=O)OC)c1cc(Cl)cc(Cl)c1. The first kappa shape index (κ1) is 12.9. The number of benzene rings is 1. The van der Waals surface area contributed by atoms with Crippen LogP contribution in [-0.4, -0.2) is 20.2 Å². The number of rotatable bonds is 3. The molecule has 0 saturated heterocycles. The summed E-state index contributed by atoms with van der Waals surface area (Å²) in [5.74, 6) is -0.514. The topological polar surface area (TPSA) is 35.5 Å². The van der Waals surface area contributed by atoms with Gasteiger partial charge in [-0.05, 0) is 23.8 Å². The lowest BCUT2D eigenvalue weighted by atomic mass is 10.1. The van der Waals surface area contributed by atoms with E-state index in [0.29, 0.717) is 15.6 Å². The third kappa shape index (κ3) is 3.15. The first-order valence-electron chi connectivity index (χ1n) is 4.36. The monoisotopic (exact) mass is 260 g/mol. The summed E-state index contributed by atoms with van der Waals surface area (Å²) in [5, 5.41) is 0.877. The van der Waals surface area contributed by atoms with Gasteiger partial charge in [0.1, 0.15) is 5.57 Å². The maximum Gasteiger partial charge on any atom is 0.341 e. The van der Waals surface area contributed by atoms with E-state index >= 15 is 0 Å². The highest BCUT2D eigenvalue weighted by molar-refractivity contribution is 6.35. The van der Waals surface area contributed by atoms with Gasteiger partial charge in [0, 0.05) is 10.0 Å². The molecule has 16 heavy (non-hydrogen) atoms. The summed E-state index contributed by atoms with van der Waals surface area (Å²) in [6, 6.07) is 4.79. The summed E-state index contributed by atoms with van der Waals surface area (Å²) >= 11 is 11.7. The third-order valence-corrected chi connectivity index (χ3v) is 2.25. The molecule has 3 nitrogen and oxygen atoms in total. The summed E-state index contributed by atoms with van der Waals surface area (Å²) in [6.07, 6.45) is 1.29. The minimum absolute atomic E-state index is 0.259. The average Bonchev–Trinajstić information content (AvgIpc) is 2.23. The summed E-state index contributed by atoms with van der Waals surface area (Å²) in [5.41, 5.74) is 0.806. The Bertz CT molecular complexity index is 407. The number of halogens is 2. The predicted molar refractivity (Wildman–Crippen MR) is 63.5 cm³/mol. The van der Waals surface area contributed by atoms with Crippen molar-refractivity contribution in [2.45, 2.75) is 0 Å². The van der Waals surface area contributed by atoms with Gasteiger partial charge in [-0.1, -0.05) is 23.2 Å². The van der Waals surface area contributed by atoms with Crippen molar-refractivity contribution in [3.05, 3.63) is 40.1 Å². The largest absolute Gasteiger partial charge is 0.503 e. The van der Waals surface area contributed by atoms with Crippen molar-refractivity contribution in [1.82, 2.24) is 0 Å². The van der Waals surface area contributed by atoms with Gasteiger partial charge in [0.25, 0.3) is 0 Å². The molecule has 0 aliphatic rings. The number of esters is 1. The van der Waals surface area contributed by atoms with Crippen LogP contribution < -0.4 is 0 Å². The number of hydrogen-bond donors (Lipinski definition) is 0. The molecule has 0 amide bonds. The number of hydrogen-bond acceptors (Lipinski definition) is 3. The Balaban J connectivity index is 3.21. The molecule has 0 radical (unpaired) electrons. The fourth-order valence-electron chi connectivity index (χ4n) is 1.17. The van der Waals surface area contributed by atoms with Gasteiger partial charge in [-0.2, -0.15) is 0 Å². The fourth-order valence-corrected chi connectivity index (χ4v) is 1.70. The van der Waals surface area contributed by atoms with Gasteiger partial charge >= 0.3 is 5.97 Å². The number of methoxy groups -OCH3 is 2. The smallest absolute Gasteiger partial charge is 0.341 e. The lowest BCUT2D eigenvalue weighted by Gasteiger charge is -2.06. The van der Waals surface area contributed by atoms with Crippen LogP contribution >= 0.6 is 23.2 Å². The van der Waals surface area contributed by atoms with E-state index in [1.807, 2.05) is 0 Å². The standard InChI is InChI=1S/C11H10Cl2O3/c1-15-6-10(11(14)16-2)7-3-8(12)5-9(13)4-7/h3-6H,1-2H3/b10-6+. The first-order chi connectivity index (χ1) is 7.58. The van der Waals surface area contributed by atoms with E-state index in [-0.39, 0.29) is 5.57 Å². The molecule has 1 aromatic rings. The molecule has 0 aliphatic heterocycles. The zero-order valence-electron chi connectivity index (χ0n) is 8.79. The van der Waals surface area contributed by atoms with Crippen LogP contribution in [0.15, 0.2) is 24.5 Å². The van der Waals surface area contributed by atoms with Crippen LogP contribution in [0.4, 0.5) is 0 Å². The van der Waals surface area contributed by atoms with E-state index in [4.69, 9.17) is 27.9 Å². The molecule has 0 heterocycles. The second kappa shape index (κ2) is 5.77. The average molecular weight is 261 g/mol. The molecular weight excluding hydrogens is 251 g/mol. The zero-order valence-corrected chi connectivity index (χ0v) is 10.3. The van der Waals surface area contributed by atoms with Crippen molar-refractivity contribution in [2.75, 3.05) is 14.2 Å². The molecule has 0 aromatic heterocycles. The minimum atomic E-state index is -0.514. The van der Waals surface area contributed by atoms with Crippen LogP contribution in [0.2, 0.25) is 10.0 Å². The van der Waals surface area contributed by atoms with Crippen molar-refractivity contribution in [3.63, 3.8) is 0 Å². The molecule has 1 rings (SSSR count). The Morgan fingerprint density at radius 3 is 2.19 bits per heavy atom. The molecule has 0 N–H and O–H groups in total. The Morgan fingerprint density at radius 1 is 1.19 bits per heavy atom. The van der Waals surface area contributed by atoms with Crippen molar-refractivity contribution in [2.24, 2.45) is 0 Å². The summed E-state index contributed by atoms with van der Waals surface area (Å²) in [4.78, 5) is 11.5. The minimum Gasteiger partial charge on any atom is -0.503 e. The van der Waals surface area contributed by atoms with E-state index in [2.05, 4.69) is 4.74 Å². The van der Waals surface area contributed by atoms with E-state index < -0.39 is 5.97 Å². The molecule has 0 aliphatic carbocycles. The lowest BCUT2D eigenvalue weighted by molar-refractivity contribution is -0.133. The summed E-state index contributed by atoms with van der Waals surface area (Å²) in [7, 11) is 2.73. The van der Waals surface area contributed by atoms with Gasteiger partial charge in [0.2, 0.25) is 0 Å². The van der Waals surface area contributed by atoms with Gasteiger partial charge < -0.3 is 9.47 Å². The molecule has 0 saturated carbocycles. The summed E-state index contributed by atoms with van der Waals surface area (Å²) < 4.78 is 9.44. The van der Waals surface area contributed by atoms with Crippen molar-refractivity contribution in [1.29, 1.82) is 0 Å². The maximum absolute atomic E-state index is 11.5. The first-order valence-corrected chi connectivity index (χ1v) is 5.12. The molecule has 0 spiro atoms. The van der Waals surface area contributed by atoms with Crippen molar-refractivity contribution >= 4 is 34.7 Å². The van der Waals surface area contributed by atoms with E-state index in [1.54, 1.807) is 18.2 Å². The van der Waals surface area contributed by atoms with Crippen LogP contribution in [0.3, 0.4) is 0 Å². The quantitative estimate of drug-likeness (QED) is 0.476. The van der Waals surface area contributed by atoms with Gasteiger partial charge in [0.15, 0.2) is 0 Å². The van der Waals surface area contributed by atoms with Crippen molar-refractivity contribution in [3.8, 4) is 0 Å². The van der Waals surface area contributed by atoms with Crippen molar-refractivity contribution < 1.29 is 14.3 Å². The fraction of sp³-hybridized carbons (Fsp3) is 0.182. The van der Waals surface area contributed by atoms with E-state index in [1.165, 1.54) is 20.5 Å². The Kier molecular flexibility index (Phi) is 4.65. The number of ether oxygens (including phenoxy) is 2. The van der Waals surface area contributed by atoms with E-state index in [0.717, 1.165) is 0 Å². The molecular formula is C11H10Cl2O3. The van der Waals surface area contributed by atoms with Crippen LogP contribution in [0.5, 0.6) is 0 Å². The van der Waals surface area contributed by atoms with Crippen LogP contribution in [0, 0.1) is 0 Å². The molecule has 0 atom stereocenters. The van der Waals surface area contributed by atoms with Crippen LogP contribution in [0.1, 0.15) is 5.56 Å². The molecule has 0 fully saturated rings. The Labute approximate surface area is 104 Å². The van der Waals surface area contributed by atoms with Crippen LogP contribution in [0.25, 0.3) is 5.57 Å². The normalized spacial score (nSPS) is 11.1. The van der Waals surface area contributed by atoms with Crippen LogP contribution in [-0.2, 0) is 14.3 Å². The predicted octanol–water partition coefficient (Wildman–Crippen LogP) is 3.15. The molecule has 0 unspecified atom stereocenters. The Hall–Kier alpha value is -1.19. The van der Waals surface area contributed by atoms with E-state index in [9.17, 15) is 4.79 Å². The van der Waals surface area contributed by atoms with Gasteiger partial charge in [0.05, 0.1) is 20.5 Å². The highest BCUT2D eigenvalue weighted by Gasteiger charge is 2.14.